The number of aliphatic carboxylic acids is 1. The number of benzene rings is 3. The standard InChI is InChI=1S/C23H20O5/c1-14-7-8-15(2)20(13-14)26-17-11-9-16(10-12-17)21-22(23(24)25)28-19-6-4-3-5-18(19)27-21/h3-13,21-22H,1-2H3,(H,24,25). The van der Waals surface area contributed by atoms with Crippen LogP contribution in [0.2, 0.25) is 0 Å². The van der Waals surface area contributed by atoms with Crippen molar-refractivity contribution in [3.8, 4) is 23.0 Å². The molecule has 1 heterocycles. The molecule has 0 fully saturated rings. The van der Waals surface area contributed by atoms with Crippen LogP contribution in [0, 0.1) is 13.8 Å². The molecule has 5 nitrogen and oxygen atoms in total. The molecule has 3 aromatic rings. The third-order valence-electron chi connectivity index (χ3n) is 4.66. The Labute approximate surface area is 163 Å². The summed E-state index contributed by atoms with van der Waals surface area (Å²) in [5.41, 5.74) is 2.87. The third kappa shape index (κ3) is 3.51. The van der Waals surface area contributed by atoms with Crippen LogP contribution in [0.1, 0.15) is 22.8 Å². The van der Waals surface area contributed by atoms with Crippen molar-refractivity contribution >= 4 is 5.97 Å². The zero-order valence-electron chi connectivity index (χ0n) is 15.6. The van der Waals surface area contributed by atoms with Gasteiger partial charge in [-0.3, -0.25) is 0 Å². The molecule has 0 radical (unpaired) electrons. The monoisotopic (exact) mass is 376 g/mol. The maximum atomic E-state index is 11.7. The Kier molecular flexibility index (Phi) is 4.65. The fourth-order valence-corrected chi connectivity index (χ4v) is 3.13. The van der Waals surface area contributed by atoms with Crippen molar-refractivity contribution < 1.29 is 24.1 Å². The van der Waals surface area contributed by atoms with Gasteiger partial charge in [0.1, 0.15) is 11.5 Å². The number of para-hydroxylation sites is 2. The van der Waals surface area contributed by atoms with E-state index in [1.807, 2.05) is 38.1 Å². The van der Waals surface area contributed by atoms with Gasteiger partial charge in [0.15, 0.2) is 17.6 Å². The molecule has 0 saturated carbocycles. The lowest BCUT2D eigenvalue weighted by Crippen LogP contribution is -2.39. The topological polar surface area (TPSA) is 65.0 Å². The average molecular weight is 376 g/mol. The summed E-state index contributed by atoms with van der Waals surface area (Å²) in [6, 6.07) is 20.3. The van der Waals surface area contributed by atoms with E-state index in [4.69, 9.17) is 14.2 Å². The van der Waals surface area contributed by atoms with E-state index in [0.717, 1.165) is 16.9 Å². The molecule has 0 saturated heterocycles. The van der Waals surface area contributed by atoms with E-state index in [1.54, 1.807) is 42.5 Å². The number of carboxylic acids is 1. The van der Waals surface area contributed by atoms with Gasteiger partial charge >= 0.3 is 5.97 Å². The fourth-order valence-electron chi connectivity index (χ4n) is 3.13. The Morgan fingerprint density at radius 1 is 0.929 bits per heavy atom. The first-order valence-corrected chi connectivity index (χ1v) is 9.01. The van der Waals surface area contributed by atoms with Gasteiger partial charge < -0.3 is 19.3 Å². The van der Waals surface area contributed by atoms with Gasteiger partial charge in [-0.15, -0.1) is 0 Å². The molecule has 142 valence electrons. The van der Waals surface area contributed by atoms with Gasteiger partial charge in [-0.05, 0) is 60.9 Å². The molecule has 1 aliphatic rings. The highest BCUT2D eigenvalue weighted by Crippen LogP contribution is 2.39. The van der Waals surface area contributed by atoms with Crippen molar-refractivity contribution in [2.45, 2.75) is 26.1 Å². The van der Waals surface area contributed by atoms with Crippen molar-refractivity contribution in [3.63, 3.8) is 0 Å². The molecule has 1 N–H and O–H groups in total. The second kappa shape index (κ2) is 7.27. The summed E-state index contributed by atoms with van der Waals surface area (Å²) < 4.78 is 17.6. The van der Waals surface area contributed by atoms with E-state index in [1.165, 1.54) is 0 Å². The van der Waals surface area contributed by atoms with Crippen molar-refractivity contribution in [2.75, 3.05) is 0 Å². The predicted octanol–water partition coefficient (Wildman–Crippen LogP) is 5.06. The molecule has 3 aromatic carbocycles. The third-order valence-corrected chi connectivity index (χ3v) is 4.66. The van der Waals surface area contributed by atoms with E-state index in [2.05, 4.69) is 0 Å². The molecule has 0 bridgehead atoms. The van der Waals surface area contributed by atoms with Crippen molar-refractivity contribution in [1.82, 2.24) is 0 Å². The van der Waals surface area contributed by atoms with Gasteiger partial charge in [-0.25, -0.2) is 4.79 Å². The molecule has 1 aliphatic heterocycles. The quantitative estimate of drug-likeness (QED) is 0.689. The van der Waals surface area contributed by atoms with Crippen LogP contribution in [0.4, 0.5) is 0 Å². The summed E-state index contributed by atoms with van der Waals surface area (Å²) in [6.45, 7) is 4.00. The summed E-state index contributed by atoms with van der Waals surface area (Å²) in [7, 11) is 0. The fraction of sp³-hybridized carbons (Fsp3) is 0.174. The molecular formula is C23H20O5. The Balaban J connectivity index is 1.59. The van der Waals surface area contributed by atoms with Gasteiger partial charge in [0.25, 0.3) is 0 Å². The second-order valence-electron chi connectivity index (χ2n) is 6.80. The molecule has 28 heavy (non-hydrogen) atoms. The van der Waals surface area contributed by atoms with Crippen LogP contribution in [-0.4, -0.2) is 17.2 Å². The lowest BCUT2D eigenvalue weighted by Gasteiger charge is -2.31. The molecule has 0 spiro atoms. The van der Waals surface area contributed by atoms with Crippen molar-refractivity contribution in [2.24, 2.45) is 0 Å². The maximum absolute atomic E-state index is 11.7. The molecule has 4 rings (SSSR count). The minimum absolute atomic E-state index is 0.432. The number of hydrogen-bond acceptors (Lipinski definition) is 4. The van der Waals surface area contributed by atoms with Crippen LogP contribution in [0.15, 0.2) is 66.7 Å². The number of ether oxygens (including phenoxy) is 3. The molecule has 2 unspecified atom stereocenters. The number of hydrogen-bond donors (Lipinski definition) is 1. The number of fused-ring (bicyclic) bond motifs is 1. The maximum Gasteiger partial charge on any atom is 0.349 e. The molecule has 5 heteroatoms. The van der Waals surface area contributed by atoms with Gasteiger partial charge in [0.2, 0.25) is 6.10 Å². The second-order valence-corrected chi connectivity index (χ2v) is 6.80. The van der Waals surface area contributed by atoms with E-state index in [-0.39, 0.29) is 0 Å². The molecule has 2 atom stereocenters. The number of carbonyl (C=O) groups is 1. The van der Waals surface area contributed by atoms with Gasteiger partial charge in [-0.2, -0.15) is 0 Å². The largest absolute Gasteiger partial charge is 0.478 e. The first kappa shape index (κ1) is 17.9. The van der Waals surface area contributed by atoms with Crippen LogP contribution >= 0.6 is 0 Å². The number of aryl methyl sites for hydroxylation is 2. The summed E-state index contributed by atoms with van der Waals surface area (Å²) in [6.07, 6.45) is -1.87. The lowest BCUT2D eigenvalue weighted by molar-refractivity contribution is -0.151. The van der Waals surface area contributed by atoms with E-state index < -0.39 is 18.2 Å². The molecule has 0 aromatic heterocycles. The number of carboxylic acid groups (broad SMARTS) is 1. The summed E-state index contributed by atoms with van der Waals surface area (Å²) in [5, 5.41) is 9.57. The molecule has 0 aliphatic carbocycles. The summed E-state index contributed by atoms with van der Waals surface area (Å²) in [5.74, 6) is 1.35. The van der Waals surface area contributed by atoms with E-state index in [0.29, 0.717) is 22.8 Å². The van der Waals surface area contributed by atoms with Crippen LogP contribution in [0.3, 0.4) is 0 Å². The predicted molar refractivity (Wildman–Crippen MR) is 104 cm³/mol. The Hall–Kier alpha value is -3.47. The van der Waals surface area contributed by atoms with Crippen LogP contribution in [-0.2, 0) is 4.79 Å². The minimum Gasteiger partial charge on any atom is -0.478 e. The molecule has 0 amide bonds. The van der Waals surface area contributed by atoms with Crippen LogP contribution in [0.25, 0.3) is 0 Å². The highest BCUT2D eigenvalue weighted by Gasteiger charge is 2.38. The normalized spacial score (nSPS) is 17.8. The first-order valence-electron chi connectivity index (χ1n) is 9.01. The Morgan fingerprint density at radius 2 is 1.61 bits per heavy atom. The van der Waals surface area contributed by atoms with Crippen molar-refractivity contribution in [1.29, 1.82) is 0 Å². The lowest BCUT2D eigenvalue weighted by atomic mass is 10.0. The van der Waals surface area contributed by atoms with E-state index in [9.17, 15) is 9.90 Å². The SMILES string of the molecule is Cc1ccc(C)c(Oc2ccc(C3Oc4ccccc4OC3C(=O)O)cc2)c1. The highest BCUT2D eigenvalue weighted by molar-refractivity contribution is 5.75. The average Bonchev–Trinajstić information content (AvgIpc) is 2.70. The first-order chi connectivity index (χ1) is 13.5. The zero-order chi connectivity index (χ0) is 19.7. The van der Waals surface area contributed by atoms with Gasteiger partial charge in [0, 0.05) is 0 Å². The van der Waals surface area contributed by atoms with Crippen molar-refractivity contribution in [3.05, 3.63) is 83.4 Å². The highest BCUT2D eigenvalue weighted by atomic mass is 16.6. The Bertz CT molecular complexity index is 1010. The zero-order valence-corrected chi connectivity index (χ0v) is 15.6. The molecular weight excluding hydrogens is 356 g/mol. The minimum atomic E-state index is -1.12. The van der Waals surface area contributed by atoms with Gasteiger partial charge in [0.05, 0.1) is 0 Å². The Morgan fingerprint density at radius 3 is 2.29 bits per heavy atom. The van der Waals surface area contributed by atoms with Gasteiger partial charge in [-0.1, -0.05) is 36.4 Å². The van der Waals surface area contributed by atoms with Crippen LogP contribution < -0.4 is 14.2 Å². The van der Waals surface area contributed by atoms with E-state index >= 15 is 0 Å². The van der Waals surface area contributed by atoms with Crippen LogP contribution in [0.5, 0.6) is 23.0 Å². The number of rotatable bonds is 4. The summed E-state index contributed by atoms with van der Waals surface area (Å²) >= 11 is 0. The smallest absolute Gasteiger partial charge is 0.349 e. The summed E-state index contributed by atoms with van der Waals surface area (Å²) in [4.78, 5) is 11.7.